The highest BCUT2D eigenvalue weighted by atomic mass is 16.4. The summed E-state index contributed by atoms with van der Waals surface area (Å²) in [6.07, 6.45) is 4.41. The predicted octanol–water partition coefficient (Wildman–Crippen LogP) is 2.04. The minimum atomic E-state index is -0.957. The molecule has 0 radical (unpaired) electrons. The van der Waals surface area contributed by atoms with Gasteiger partial charge in [-0.25, -0.2) is 0 Å². The number of carbonyl (C=O) groups excluding carboxylic acids is 2. The number of allylic oxidation sites excluding steroid dienone is 2. The van der Waals surface area contributed by atoms with E-state index in [2.05, 4.69) is 10.6 Å². The number of carboxylic acid groups (broad SMARTS) is 1. The lowest BCUT2D eigenvalue weighted by atomic mass is 9.82. The van der Waals surface area contributed by atoms with Crippen LogP contribution < -0.4 is 10.6 Å². The molecule has 0 aliphatic heterocycles. The zero-order valence-electron chi connectivity index (χ0n) is 12.9. The molecule has 2 atom stereocenters. The van der Waals surface area contributed by atoms with Crippen molar-refractivity contribution in [1.82, 2.24) is 5.32 Å². The van der Waals surface area contributed by atoms with Gasteiger partial charge < -0.3 is 15.7 Å². The molecule has 0 bridgehead atoms. The zero-order valence-corrected chi connectivity index (χ0v) is 12.9. The minimum absolute atomic E-state index is 0.172. The number of rotatable bonds is 5. The van der Waals surface area contributed by atoms with Gasteiger partial charge in [0.2, 0.25) is 5.91 Å². The Hall–Kier alpha value is -2.63. The van der Waals surface area contributed by atoms with E-state index in [0.717, 1.165) is 0 Å². The Bertz CT molecular complexity index is 622. The second kappa shape index (κ2) is 7.58. The highest BCUT2D eigenvalue weighted by Gasteiger charge is 2.33. The highest BCUT2D eigenvalue weighted by molar-refractivity contribution is 5.97. The maximum Gasteiger partial charge on any atom is 0.307 e. The zero-order chi connectivity index (χ0) is 16.8. The molecule has 23 heavy (non-hydrogen) atoms. The van der Waals surface area contributed by atoms with Crippen molar-refractivity contribution in [3.8, 4) is 0 Å². The van der Waals surface area contributed by atoms with Gasteiger partial charge in [-0.2, -0.15) is 0 Å². The van der Waals surface area contributed by atoms with Crippen molar-refractivity contribution in [2.75, 3.05) is 11.9 Å². The molecule has 0 fully saturated rings. The fourth-order valence-electron chi connectivity index (χ4n) is 2.58. The molecule has 1 aromatic rings. The molecule has 0 unspecified atom stereocenters. The lowest BCUT2D eigenvalue weighted by Crippen LogP contribution is -2.34. The summed E-state index contributed by atoms with van der Waals surface area (Å²) in [6, 6.07) is 6.51. The summed E-state index contributed by atoms with van der Waals surface area (Å²) in [5, 5.41) is 14.6. The SMILES string of the molecule is CCNC(=O)c1ccc(NC(=O)[C@H]2CC=CC[C@H]2C(=O)O)cc1. The molecule has 0 spiro atoms. The molecule has 0 aromatic heterocycles. The van der Waals surface area contributed by atoms with E-state index in [-0.39, 0.29) is 11.8 Å². The number of hydrogen-bond acceptors (Lipinski definition) is 3. The monoisotopic (exact) mass is 316 g/mol. The van der Waals surface area contributed by atoms with Crippen LogP contribution in [0.2, 0.25) is 0 Å². The van der Waals surface area contributed by atoms with Crippen molar-refractivity contribution in [3.63, 3.8) is 0 Å². The third-order valence-corrected chi connectivity index (χ3v) is 3.84. The smallest absolute Gasteiger partial charge is 0.307 e. The lowest BCUT2D eigenvalue weighted by Gasteiger charge is -2.24. The van der Waals surface area contributed by atoms with E-state index >= 15 is 0 Å². The molecule has 0 saturated heterocycles. The molecule has 1 aromatic carbocycles. The highest BCUT2D eigenvalue weighted by Crippen LogP contribution is 2.27. The van der Waals surface area contributed by atoms with Gasteiger partial charge in [-0.1, -0.05) is 12.2 Å². The summed E-state index contributed by atoms with van der Waals surface area (Å²) < 4.78 is 0. The summed E-state index contributed by atoms with van der Waals surface area (Å²) in [5.41, 5.74) is 1.05. The first-order chi connectivity index (χ1) is 11.0. The topological polar surface area (TPSA) is 95.5 Å². The minimum Gasteiger partial charge on any atom is -0.481 e. The number of benzene rings is 1. The maximum atomic E-state index is 12.3. The maximum absolute atomic E-state index is 12.3. The van der Waals surface area contributed by atoms with Crippen LogP contribution in [0.15, 0.2) is 36.4 Å². The van der Waals surface area contributed by atoms with Crippen LogP contribution in [-0.4, -0.2) is 29.4 Å². The van der Waals surface area contributed by atoms with Gasteiger partial charge >= 0.3 is 5.97 Å². The van der Waals surface area contributed by atoms with Crippen molar-refractivity contribution in [2.45, 2.75) is 19.8 Å². The van der Waals surface area contributed by atoms with Gasteiger partial charge in [0.05, 0.1) is 11.8 Å². The quantitative estimate of drug-likeness (QED) is 0.724. The predicted molar refractivity (Wildman–Crippen MR) is 86.1 cm³/mol. The third kappa shape index (κ3) is 4.18. The molecule has 2 amide bonds. The summed E-state index contributed by atoms with van der Waals surface area (Å²) in [7, 11) is 0. The van der Waals surface area contributed by atoms with Gasteiger partial charge in [0.25, 0.3) is 5.91 Å². The van der Waals surface area contributed by atoms with Crippen molar-refractivity contribution < 1.29 is 19.5 Å². The summed E-state index contributed by atoms with van der Waals surface area (Å²) in [6.45, 7) is 2.38. The number of aliphatic carboxylic acids is 1. The molecule has 1 aliphatic rings. The van der Waals surface area contributed by atoms with Gasteiger partial charge in [-0.15, -0.1) is 0 Å². The molecule has 6 heteroatoms. The fraction of sp³-hybridized carbons (Fsp3) is 0.353. The van der Waals surface area contributed by atoms with Crippen molar-refractivity contribution in [2.24, 2.45) is 11.8 Å². The van der Waals surface area contributed by atoms with Gasteiger partial charge in [-0.3, -0.25) is 14.4 Å². The lowest BCUT2D eigenvalue weighted by molar-refractivity contribution is -0.146. The van der Waals surface area contributed by atoms with E-state index < -0.39 is 17.8 Å². The Morgan fingerprint density at radius 1 is 1.09 bits per heavy atom. The molecule has 0 heterocycles. The van der Waals surface area contributed by atoms with Gasteiger partial charge in [0.1, 0.15) is 0 Å². The van der Waals surface area contributed by atoms with E-state index in [9.17, 15) is 19.5 Å². The molecular weight excluding hydrogens is 296 g/mol. The first-order valence-corrected chi connectivity index (χ1v) is 7.60. The van der Waals surface area contributed by atoms with Crippen LogP contribution in [0.25, 0.3) is 0 Å². The first kappa shape index (κ1) is 16.7. The number of hydrogen-bond donors (Lipinski definition) is 3. The Morgan fingerprint density at radius 2 is 1.70 bits per heavy atom. The van der Waals surface area contributed by atoms with Crippen LogP contribution >= 0.6 is 0 Å². The van der Waals surface area contributed by atoms with Crippen LogP contribution in [0.4, 0.5) is 5.69 Å². The number of carbonyl (C=O) groups is 3. The van der Waals surface area contributed by atoms with Crippen LogP contribution in [0.3, 0.4) is 0 Å². The van der Waals surface area contributed by atoms with E-state index in [1.54, 1.807) is 30.3 Å². The standard InChI is InChI=1S/C17H20N2O4/c1-2-18-15(20)11-7-9-12(10-8-11)19-16(21)13-5-3-4-6-14(13)17(22)23/h3-4,7-10,13-14H,2,5-6H2,1H3,(H,18,20)(H,19,21)(H,22,23)/t13-,14+/m0/s1. The van der Waals surface area contributed by atoms with Crippen LogP contribution in [0.1, 0.15) is 30.1 Å². The first-order valence-electron chi connectivity index (χ1n) is 7.60. The average molecular weight is 316 g/mol. The van der Waals surface area contributed by atoms with Crippen molar-refractivity contribution in [3.05, 3.63) is 42.0 Å². The summed E-state index contributed by atoms with van der Waals surface area (Å²) in [5.74, 6) is -2.72. The van der Waals surface area contributed by atoms with Crippen LogP contribution in [-0.2, 0) is 9.59 Å². The van der Waals surface area contributed by atoms with Crippen LogP contribution in [0.5, 0.6) is 0 Å². The van der Waals surface area contributed by atoms with Crippen molar-refractivity contribution >= 4 is 23.5 Å². The summed E-state index contributed by atoms with van der Waals surface area (Å²) >= 11 is 0. The Labute approximate surface area is 134 Å². The number of anilines is 1. The van der Waals surface area contributed by atoms with E-state index in [1.165, 1.54) is 0 Å². The van der Waals surface area contributed by atoms with Crippen molar-refractivity contribution in [1.29, 1.82) is 0 Å². The molecule has 6 nitrogen and oxygen atoms in total. The molecule has 122 valence electrons. The van der Waals surface area contributed by atoms with Gasteiger partial charge in [0, 0.05) is 17.8 Å². The van der Waals surface area contributed by atoms with Crippen LogP contribution in [0, 0.1) is 11.8 Å². The Morgan fingerprint density at radius 3 is 2.26 bits per heavy atom. The second-order valence-electron chi connectivity index (χ2n) is 5.42. The van der Waals surface area contributed by atoms with Gasteiger partial charge in [0.15, 0.2) is 0 Å². The molecule has 2 rings (SSSR count). The molecule has 3 N–H and O–H groups in total. The second-order valence-corrected chi connectivity index (χ2v) is 5.42. The molecule has 0 saturated carbocycles. The molecular formula is C17H20N2O4. The normalized spacial score (nSPS) is 19.9. The largest absolute Gasteiger partial charge is 0.481 e. The number of carboxylic acids is 1. The van der Waals surface area contributed by atoms with E-state index in [1.807, 2.05) is 13.0 Å². The number of nitrogens with one attached hydrogen (secondary N) is 2. The number of amides is 2. The third-order valence-electron chi connectivity index (χ3n) is 3.84. The van der Waals surface area contributed by atoms with E-state index in [4.69, 9.17) is 0 Å². The summed E-state index contributed by atoms with van der Waals surface area (Å²) in [4.78, 5) is 35.2. The van der Waals surface area contributed by atoms with E-state index in [0.29, 0.717) is 30.6 Å². The Kier molecular flexibility index (Phi) is 5.51. The van der Waals surface area contributed by atoms with Gasteiger partial charge in [-0.05, 0) is 44.0 Å². The molecule has 1 aliphatic carbocycles. The Balaban J connectivity index is 2.03. The average Bonchev–Trinajstić information content (AvgIpc) is 2.55. The fourth-order valence-corrected chi connectivity index (χ4v) is 2.58.